The summed E-state index contributed by atoms with van der Waals surface area (Å²) in [6.07, 6.45) is 0. The van der Waals surface area contributed by atoms with E-state index in [-0.39, 0.29) is 0 Å². The molecule has 0 spiro atoms. The summed E-state index contributed by atoms with van der Waals surface area (Å²) in [5.74, 6) is 0.717. The Morgan fingerprint density at radius 1 is 1.25 bits per heavy atom. The molecule has 2 aromatic rings. The molecule has 1 aromatic carbocycles. The van der Waals surface area contributed by atoms with Crippen LogP contribution in [0.15, 0.2) is 35.7 Å². The fourth-order valence-corrected chi connectivity index (χ4v) is 2.90. The normalized spacial score (nSPS) is 10.8. The van der Waals surface area contributed by atoms with E-state index in [1.807, 2.05) is 19.2 Å². The summed E-state index contributed by atoms with van der Waals surface area (Å²) in [7, 11) is 2.14. The molecular formula is C14H18BNO3S. The third kappa shape index (κ3) is 3.83. The highest BCUT2D eigenvalue weighted by atomic mass is 32.1. The van der Waals surface area contributed by atoms with Gasteiger partial charge in [-0.3, -0.25) is 4.90 Å². The minimum Gasteiger partial charge on any atom is -0.497 e. The van der Waals surface area contributed by atoms with Crippen LogP contribution in [-0.4, -0.2) is 36.2 Å². The lowest BCUT2D eigenvalue weighted by Crippen LogP contribution is -2.35. The molecule has 2 N–H and O–H groups in total. The molecule has 0 radical (unpaired) electrons. The molecule has 0 unspecified atom stereocenters. The first-order valence-corrected chi connectivity index (χ1v) is 7.22. The van der Waals surface area contributed by atoms with Gasteiger partial charge in [0.2, 0.25) is 0 Å². The van der Waals surface area contributed by atoms with Crippen LogP contribution >= 0.6 is 11.3 Å². The quantitative estimate of drug-likeness (QED) is 0.782. The molecule has 0 atom stereocenters. The lowest BCUT2D eigenvalue weighted by molar-refractivity contribution is 0.321. The number of ether oxygens (including phenoxy) is 1. The number of hydrogen-bond donors (Lipinski definition) is 2. The van der Waals surface area contributed by atoms with Crippen LogP contribution in [-0.2, 0) is 13.1 Å². The maximum Gasteiger partial charge on any atom is 0.488 e. The van der Waals surface area contributed by atoms with E-state index in [4.69, 9.17) is 4.74 Å². The Labute approximate surface area is 123 Å². The van der Waals surface area contributed by atoms with E-state index in [1.165, 1.54) is 4.88 Å². The van der Waals surface area contributed by atoms with Crippen LogP contribution < -0.4 is 10.2 Å². The zero-order chi connectivity index (χ0) is 14.5. The molecule has 0 aliphatic carbocycles. The predicted molar refractivity (Wildman–Crippen MR) is 82.3 cm³/mol. The van der Waals surface area contributed by atoms with Gasteiger partial charge in [0.15, 0.2) is 0 Å². The average molecular weight is 291 g/mol. The van der Waals surface area contributed by atoms with Crippen LogP contribution in [0.5, 0.6) is 5.75 Å². The predicted octanol–water partition coefficient (Wildman–Crippen LogP) is 1.07. The molecule has 1 aromatic heterocycles. The zero-order valence-corrected chi connectivity index (χ0v) is 12.4. The molecular weight excluding hydrogens is 273 g/mol. The van der Waals surface area contributed by atoms with E-state index in [0.717, 1.165) is 12.1 Å². The van der Waals surface area contributed by atoms with Crippen LogP contribution in [0.4, 0.5) is 0 Å². The highest BCUT2D eigenvalue weighted by molar-refractivity contribution is 7.09. The molecule has 6 heteroatoms. The average Bonchev–Trinajstić information content (AvgIpc) is 2.90. The van der Waals surface area contributed by atoms with Crippen molar-refractivity contribution in [1.82, 2.24) is 4.90 Å². The Morgan fingerprint density at radius 3 is 2.65 bits per heavy atom. The van der Waals surface area contributed by atoms with Crippen molar-refractivity contribution >= 4 is 23.9 Å². The molecule has 0 fully saturated rings. The minimum atomic E-state index is -1.47. The zero-order valence-electron chi connectivity index (χ0n) is 11.6. The molecule has 0 saturated carbocycles. The fraction of sp³-hybridized carbons (Fsp3) is 0.286. The van der Waals surface area contributed by atoms with Crippen molar-refractivity contribution in [3.05, 3.63) is 46.2 Å². The van der Waals surface area contributed by atoms with Gasteiger partial charge in [0.05, 0.1) is 7.11 Å². The van der Waals surface area contributed by atoms with Crippen LogP contribution in [0, 0.1) is 0 Å². The Hall–Kier alpha value is -1.34. The molecule has 0 amide bonds. The minimum absolute atomic E-state index is 0.517. The number of thiophene rings is 1. The van der Waals surface area contributed by atoms with E-state index >= 15 is 0 Å². The second-order valence-corrected chi connectivity index (χ2v) is 5.72. The van der Waals surface area contributed by atoms with E-state index in [1.54, 1.807) is 30.6 Å². The Morgan fingerprint density at radius 2 is 2.05 bits per heavy atom. The molecule has 106 valence electrons. The van der Waals surface area contributed by atoms with Gasteiger partial charge in [0.1, 0.15) is 5.75 Å². The van der Waals surface area contributed by atoms with Gasteiger partial charge in [-0.25, -0.2) is 0 Å². The summed E-state index contributed by atoms with van der Waals surface area (Å²) >= 11 is 1.71. The highest BCUT2D eigenvalue weighted by Crippen LogP contribution is 2.16. The largest absolute Gasteiger partial charge is 0.497 e. The van der Waals surface area contributed by atoms with Gasteiger partial charge in [-0.15, -0.1) is 11.3 Å². The highest BCUT2D eigenvalue weighted by Gasteiger charge is 2.17. The number of methoxy groups -OCH3 is 1. The van der Waals surface area contributed by atoms with Gasteiger partial charge in [-0.2, -0.15) is 0 Å². The lowest BCUT2D eigenvalue weighted by atomic mass is 9.77. The van der Waals surface area contributed by atoms with Gasteiger partial charge >= 0.3 is 7.12 Å². The Bertz CT molecular complexity index is 545. The van der Waals surface area contributed by atoms with Crippen molar-refractivity contribution in [3.63, 3.8) is 0 Å². The van der Waals surface area contributed by atoms with Crippen molar-refractivity contribution in [3.8, 4) is 5.75 Å². The Balaban J connectivity index is 2.13. The maximum atomic E-state index is 9.44. The molecule has 0 saturated heterocycles. The smallest absolute Gasteiger partial charge is 0.488 e. The lowest BCUT2D eigenvalue weighted by Gasteiger charge is -2.18. The second-order valence-electron chi connectivity index (χ2n) is 4.69. The van der Waals surface area contributed by atoms with Gasteiger partial charge in [-0.05, 0) is 41.7 Å². The summed E-state index contributed by atoms with van der Waals surface area (Å²) in [6.45, 7) is 1.46. The first kappa shape index (κ1) is 15.1. The van der Waals surface area contributed by atoms with Gasteiger partial charge in [0, 0.05) is 18.0 Å². The molecule has 20 heavy (non-hydrogen) atoms. The fourth-order valence-electron chi connectivity index (χ4n) is 2.11. The summed E-state index contributed by atoms with van der Waals surface area (Å²) in [5.41, 5.74) is 1.38. The van der Waals surface area contributed by atoms with Crippen molar-refractivity contribution in [2.45, 2.75) is 13.1 Å². The van der Waals surface area contributed by atoms with Crippen molar-refractivity contribution in [1.29, 1.82) is 0 Å². The molecule has 1 heterocycles. The molecule has 0 bridgehead atoms. The molecule has 0 aliphatic heterocycles. The van der Waals surface area contributed by atoms with E-state index in [9.17, 15) is 10.0 Å². The molecule has 2 rings (SSSR count). The molecule has 4 nitrogen and oxygen atoms in total. The van der Waals surface area contributed by atoms with Crippen molar-refractivity contribution in [2.75, 3.05) is 14.2 Å². The van der Waals surface area contributed by atoms with E-state index < -0.39 is 7.12 Å². The SMILES string of the molecule is COc1ccc(B(O)O)c(CN(C)Cc2cccs2)c1. The first-order valence-electron chi connectivity index (χ1n) is 6.34. The van der Waals surface area contributed by atoms with Gasteiger partial charge < -0.3 is 14.8 Å². The number of rotatable bonds is 6. The third-order valence-corrected chi connectivity index (χ3v) is 3.94. The topological polar surface area (TPSA) is 52.9 Å². The molecule has 0 aliphatic rings. The Kier molecular flexibility index (Phi) is 5.20. The number of hydrogen-bond acceptors (Lipinski definition) is 5. The summed E-state index contributed by atoms with van der Waals surface area (Å²) in [5, 5.41) is 20.9. The van der Waals surface area contributed by atoms with E-state index in [0.29, 0.717) is 17.8 Å². The van der Waals surface area contributed by atoms with Crippen molar-refractivity contribution < 1.29 is 14.8 Å². The third-order valence-electron chi connectivity index (χ3n) is 3.07. The van der Waals surface area contributed by atoms with Crippen LogP contribution in [0.3, 0.4) is 0 Å². The summed E-state index contributed by atoms with van der Waals surface area (Å²) in [4.78, 5) is 3.41. The first-order chi connectivity index (χ1) is 9.60. The van der Waals surface area contributed by atoms with Gasteiger partial charge in [0.25, 0.3) is 0 Å². The number of benzene rings is 1. The van der Waals surface area contributed by atoms with Gasteiger partial charge in [-0.1, -0.05) is 12.1 Å². The maximum absolute atomic E-state index is 9.44. The second kappa shape index (κ2) is 6.90. The summed E-state index contributed by atoms with van der Waals surface area (Å²) in [6, 6.07) is 9.39. The number of nitrogens with zero attached hydrogens (tertiary/aromatic N) is 1. The summed E-state index contributed by atoms with van der Waals surface area (Å²) < 4.78 is 5.20. The van der Waals surface area contributed by atoms with Crippen LogP contribution in [0.1, 0.15) is 10.4 Å². The van der Waals surface area contributed by atoms with Crippen molar-refractivity contribution in [2.24, 2.45) is 0 Å². The standard InChI is InChI=1S/C14H18BNO3S/c1-16(10-13-4-3-7-20-13)9-11-8-12(19-2)5-6-14(11)15(17)18/h3-8,17-18H,9-10H2,1-2H3. The van der Waals surface area contributed by atoms with Crippen LogP contribution in [0.25, 0.3) is 0 Å². The van der Waals surface area contributed by atoms with Crippen LogP contribution in [0.2, 0.25) is 0 Å². The van der Waals surface area contributed by atoms with E-state index in [2.05, 4.69) is 16.3 Å². The monoisotopic (exact) mass is 291 g/mol.